The summed E-state index contributed by atoms with van der Waals surface area (Å²) in [6, 6.07) is 5.30. The Morgan fingerprint density at radius 1 is 1.58 bits per heavy atom. The standard InChI is InChI=1S/C14H19BrN2O2/c1-10-4-5-14(7-10,9-16)8-11-2-3-12(15)6-13(11)17(18)19/h2-3,6,10H,4-5,7-9,16H2,1H3. The van der Waals surface area contributed by atoms with Crippen molar-refractivity contribution in [3.05, 3.63) is 38.3 Å². The molecule has 0 amide bonds. The van der Waals surface area contributed by atoms with E-state index in [4.69, 9.17) is 5.73 Å². The molecule has 2 N–H and O–H groups in total. The molecule has 1 fully saturated rings. The van der Waals surface area contributed by atoms with Crippen molar-refractivity contribution in [1.82, 2.24) is 0 Å². The van der Waals surface area contributed by atoms with Crippen LogP contribution in [-0.4, -0.2) is 11.5 Å². The van der Waals surface area contributed by atoms with Gasteiger partial charge in [0, 0.05) is 16.1 Å². The van der Waals surface area contributed by atoms with Gasteiger partial charge in [0.2, 0.25) is 0 Å². The molecule has 0 spiro atoms. The van der Waals surface area contributed by atoms with Gasteiger partial charge in [-0.25, -0.2) is 0 Å². The van der Waals surface area contributed by atoms with Gasteiger partial charge in [0.05, 0.1) is 4.92 Å². The Bertz CT molecular complexity index is 492. The molecule has 0 saturated heterocycles. The normalized spacial score (nSPS) is 26.6. The number of hydrogen-bond donors (Lipinski definition) is 1. The van der Waals surface area contributed by atoms with Crippen LogP contribution in [-0.2, 0) is 6.42 Å². The fraction of sp³-hybridized carbons (Fsp3) is 0.571. The Kier molecular flexibility index (Phi) is 4.26. The summed E-state index contributed by atoms with van der Waals surface area (Å²) in [6.07, 6.45) is 4.01. The van der Waals surface area contributed by atoms with Crippen molar-refractivity contribution < 1.29 is 4.92 Å². The first kappa shape index (κ1) is 14.5. The largest absolute Gasteiger partial charge is 0.330 e. The first-order valence-electron chi connectivity index (χ1n) is 6.59. The molecule has 1 aromatic carbocycles. The Balaban J connectivity index is 2.30. The van der Waals surface area contributed by atoms with Crippen LogP contribution in [0.4, 0.5) is 5.69 Å². The molecule has 0 bridgehead atoms. The van der Waals surface area contributed by atoms with E-state index >= 15 is 0 Å². The van der Waals surface area contributed by atoms with Crippen molar-refractivity contribution in [3.63, 3.8) is 0 Å². The first-order chi connectivity index (χ1) is 8.96. The van der Waals surface area contributed by atoms with E-state index in [2.05, 4.69) is 22.9 Å². The number of nitrogens with two attached hydrogens (primary N) is 1. The van der Waals surface area contributed by atoms with Crippen LogP contribution in [0.1, 0.15) is 31.7 Å². The topological polar surface area (TPSA) is 69.2 Å². The molecule has 0 radical (unpaired) electrons. The highest BCUT2D eigenvalue weighted by molar-refractivity contribution is 9.10. The molecule has 19 heavy (non-hydrogen) atoms. The van der Waals surface area contributed by atoms with Crippen LogP contribution in [0.25, 0.3) is 0 Å². The maximum absolute atomic E-state index is 11.2. The Labute approximate surface area is 121 Å². The second-order valence-electron chi connectivity index (χ2n) is 5.76. The SMILES string of the molecule is CC1CCC(CN)(Cc2ccc(Br)cc2[N+](=O)[O-])C1. The number of nitro groups is 1. The smallest absolute Gasteiger partial charge is 0.273 e. The van der Waals surface area contributed by atoms with Gasteiger partial charge >= 0.3 is 0 Å². The average molecular weight is 327 g/mol. The molecule has 2 rings (SSSR count). The van der Waals surface area contributed by atoms with E-state index in [0.29, 0.717) is 18.9 Å². The van der Waals surface area contributed by atoms with Crippen LogP contribution in [0.15, 0.2) is 22.7 Å². The van der Waals surface area contributed by atoms with E-state index in [1.165, 1.54) is 6.42 Å². The summed E-state index contributed by atoms with van der Waals surface area (Å²) in [4.78, 5) is 10.9. The maximum atomic E-state index is 11.2. The Morgan fingerprint density at radius 3 is 2.84 bits per heavy atom. The average Bonchev–Trinajstić information content (AvgIpc) is 2.73. The lowest BCUT2D eigenvalue weighted by molar-refractivity contribution is -0.385. The monoisotopic (exact) mass is 326 g/mol. The number of rotatable bonds is 4. The van der Waals surface area contributed by atoms with Gasteiger partial charge in [-0.15, -0.1) is 0 Å². The summed E-state index contributed by atoms with van der Waals surface area (Å²) in [5, 5.41) is 11.2. The molecular weight excluding hydrogens is 308 g/mol. The number of hydrogen-bond acceptors (Lipinski definition) is 3. The molecule has 1 aliphatic carbocycles. The van der Waals surface area contributed by atoms with Crippen LogP contribution in [0.5, 0.6) is 0 Å². The van der Waals surface area contributed by atoms with Crippen molar-refractivity contribution >= 4 is 21.6 Å². The van der Waals surface area contributed by atoms with Crippen LogP contribution < -0.4 is 5.73 Å². The zero-order chi connectivity index (χ0) is 14.0. The first-order valence-corrected chi connectivity index (χ1v) is 7.38. The van der Waals surface area contributed by atoms with E-state index in [9.17, 15) is 10.1 Å². The van der Waals surface area contributed by atoms with Gasteiger partial charge in [-0.1, -0.05) is 35.3 Å². The maximum Gasteiger partial charge on any atom is 0.273 e. The van der Waals surface area contributed by atoms with Crippen molar-refractivity contribution in [2.45, 2.75) is 32.6 Å². The summed E-state index contributed by atoms with van der Waals surface area (Å²) >= 11 is 3.29. The zero-order valence-corrected chi connectivity index (χ0v) is 12.6. The summed E-state index contributed by atoms with van der Waals surface area (Å²) < 4.78 is 0.740. The predicted molar refractivity (Wildman–Crippen MR) is 79.0 cm³/mol. The molecule has 1 aliphatic rings. The number of nitrogens with zero attached hydrogens (tertiary/aromatic N) is 1. The van der Waals surface area contributed by atoms with E-state index < -0.39 is 0 Å². The predicted octanol–water partition coefficient (Wildman–Crippen LogP) is 3.66. The molecule has 5 heteroatoms. The quantitative estimate of drug-likeness (QED) is 0.678. The van der Waals surface area contributed by atoms with Crippen LogP contribution in [0.2, 0.25) is 0 Å². The van der Waals surface area contributed by atoms with Gasteiger partial charge < -0.3 is 5.73 Å². The molecule has 104 valence electrons. The van der Waals surface area contributed by atoms with Crippen molar-refractivity contribution in [1.29, 1.82) is 0 Å². The lowest BCUT2D eigenvalue weighted by Crippen LogP contribution is -2.30. The molecule has 1 saturated carbocycles. The highest BCUT2D eigenvalue weighted by atomic mass is 79.9. The molecule has 0 heterocycles. The molecule has 1 aromatic rings. The molecule has 4 nitrogen and oxygen atoms in total. The lowest BCUT2D eigenvalue weighted by Gasteiger charge is -2.27. The molecular formula is C14H19BrN2O2. The second-order valence-corrected chi connectivity index (χ2v) is 6.67. The minimum absolute atomic E-state index is 0.0397. The summed E-state index contributed by atoms with van der Waals surface area (Å²) in [5.74, 6) is 0.665. The fourth-order valence-corrected chi connectivity index (χ4v) is 3.52. The van der Waals surface area contributed by atoms with E-state index in [0.717, 1.165) is 22.9 Å². The highest BCUT2D eigenvalue weighted by Crippen LogP contribution is 2.44. The van der Waals surface area contributed by atoms with Crippen LogP contribution >= 0.6 is 15.9 Å². The number of halogens is 1. The summed E-state index contributed by atoms with van der Waals surface area (Å²) in [6.45, 7) is 2.83. The minimum atomic E-state index is -0.303. The van der Waals surface area contributed by atoms with Gasteiger partial charge in [-0.2, -0.15) is 0 Å². The second kappa shape index (κ2) is 5.59. The van der Waals surface area contributed by atoms with Crippen LogP contribution in [0.3, 0.4) is 0 Å². The van der Waals surface area contributed by atoms with E-state index in [-0.39, 0.29) is 16.0 Å². The molecule has 0 aliphatic heterocycles. The third-order valence-electron chi connectivity index (χ3n) is 4.19. The summed E-state index contributed by atoms with van der Waals surface area (Å²) in [7, 11) is 0. The lowest BCUT2D eigenvalue weighted by atomic mass is 9.79. The van der Waals surface area contributed by atoms with Crippen molar-refractivity contribution in [2.75, 3.05) is 6.54 Å². The highest BCUT2D eigenvalue weighted by Gasteiger charge is 2.37. The van der Waals surface area contributed by atoms with Gasteiger partial charge in [0.15, 0.2) is 0 Å². The molecule has 2 atom stereocenters. The van der Waals surface area contributed by atoms with Crippen molar-refractivity contribution in [2.24, 2.45) is 17.1 Å². The van der Waals surface area contributed by atoms with Crippen LogP contribution in [0, 0.1) is 21.4 Å². The summed E-state index contributed by atoms with van der Waals surface area (Å²) in [5.41, 5.74) is 6.99. The number of nitro benzene ring substituents is 1. The fourth-order valence-electron chi connectivity index (χ4n) is 3.17. The molecule has 2 unspecified atom stereocenters. The third-order valence-corrected chi connectivity index (χ3v) is 4.68. The van der Waals surface area contributed by atoms with Gasteiger partial charge in [0.25, 0.3) is 5.69 Å². The van der Waals surface area contributed by atoms with Gasteiger partial charge in [-0.05, 0) is 43.2 Å². The van der Waals surface area contributed by atoms with E-state index in [1.807, 2.05) is 12.1 Å². The molecule has 0 aromatic heterocycles. The minimum Gasteiger partial charge on any atom is -0.330 e. The number of benzene rings is 1. The van der Waals surface area contributed by atoms with Crippen molar-refractivity contribution in [3.8, 4) is 0 Å². The Hall–Kier alpha value is -0.940. The van der Waals surface area contributed by atoms with E-state index in [1.54, 1.807) is 6.07 Å². The zero-order valence-electron chi connectivity index (χ0n) is 11.1. The van der Waals surface area contributed by atoms with Gasteiger partial charge in [-0.3, -0.25) is 10.1 Å². The Morgan fingerprint density at radius 2 is 2.32 bits per heavy atom. The van der Waals surface area contributed by atoms with Gasteiger partial charge in [0.1, 0.15) is 0 Å². The third kappa shape index (κ3) is 3.15.